The summed E-state index contributed by atoms with van der Waals surface area (Å²) in [7, 11) is 0. The fourth-order valence-electron chi connectivity index (χ4n) is 2.62. The van der Waals surface area contributed by atoms with Crippen molar-refractivity contribution >= 4 is 11.8 Å². The molecule has 0 bridgehead atoms. The van der Waals surface area contributed by atoms with Crippen LogP contribution in [0.1, 0.15) is 25.7 Å². The first-order valence-corrected chi connectivity index (χ1v) is 6.37. The summed E-state index contributed by atoms with van der Waals surface area (Å²) < 4.78 is 0. The number of piperidine rings is 2. The number of hydrogen-bond acceptors (Lipinski definition) is 3. The standard InChI is InChI=1S/C12H20N2O3/c15-8-9-2-1-5-14(7-9)12(17)10-3-4-11(16)13-6-10/h9-10,15H,1-8H2,(H,13,16). The van der Waals surface area contributed by atoms with Crippen molar-refractivity contribution in [3.63, 3.8) is 0 Å². The van der Waals surface area contributed by atoms with Crippen LogP contribution in [-0.4, -0.2) is 48.1 Å². The number of nitrogens with one attached hydrogen (secondary N) is 1. The molecule has 0 aromatic rings. The molecule has 0 aliphatic carbocycles. The summed E-state index contributed by atoms with van der Waals surface area (Å²) in [5.74, 6) is 0.347. The van der Waals surface area contributed by atoms with Crippen molar-refractivity contribution in [1.29, 1.82) is 0 Å². The third kappa shape index (κ3) is 2.97. The van der Waals surface area contributed by atoms with E-state index in [4.69, 9.17) is 5.11 Å². The van der Waals surface area contributed by atoms with Crippen molar-refractivity contribution in [2.75, 3.05) is 26.2 Å². The van der Waals surface area contributed by atoms with Crippen LogP contribution in [0.15, 0.2) is 0 Å². The van der Waals surface area contributed by atoms with E-state index in [0.717, 1.165) is 19.4 Å². The molecule has 0 spiro atoms. The van der Waals surface area contributed by atoms with Crippen molar-refractivity contribution in [2.24, 2.45) is 11.8 Å². The molecule has 0 aromatic carbocycles. The van der Waals surface area contributed by atoms with Crippen LogP contribution in [0.2, 0.25) is 0 Å². The Kier molecular flexibility index (Phi) is 3.99. The van der Waals surface area contributed by atoms with Gasteiger partial charge < -0.3 is 15.3 Å². The van der Waals surface area contributed by atoms with Gasteiger partial charge in [-0.2, -0.15) is 0 Å². The zero-order valence-electron chi connectivity index (χ0n) is 10.0. The number of hydrogen-bond donors (Lipinski definition) is 2. The molecule has 2 heterocycles. The van der Waals surface area contributed by atoms with Crippen LogP contribution in [0.4, 0.5) is 0 Å². The molecule has 2 rings (SSSR count). The molecule has 2 unspecified atom stereocenters. The van der Waals surface area contributed by atoms with Gasteiger partial charge in [0, 0.05) is 32.7 Å². The predicted molar refractivity (Wildman–Crippen MR) is 62.1 cm³/mol. The number of carbonyl (C=O) groups is 2. The fraction of sp³-hybridized carbons (Fsp3) is 0.833. The predicted octanol–water partition coefficient (Wildman–Crippen LogP) is -0.256. The Labute approximate surface area is 101 Å². The second kappa shape index (κ2) is 5.49. The monoisotopic (exact) mass is 240 g/mol. The Morgan fingerprint density at radius 2 is 2.29 bits per heavy atom. The van der Waals surface area contributed by atoms with E-state index in [1.807, 2.05) is 4.90 Å². The van der Waals surface area contributed by atoms with Gasteiger partial charge in [0.2, 0.25) is 11.8 Å². The molecule has 5 nitrogen and oxygen atoms in total. The van der Waals surface area contributed by atoms with Crippen molar-refractivity contribution in [2.45, 2.75) is 25.7 Å². The number of aliphatic hydroxyl groups is 1. The molecule has 2 aliphatic heterocycles. The average Bonchev–Trinajstić information content (AvgIpc) is 2.39. The molecule has 2 atom stereocenters. The minimum absolute atomic E-state index is 0.0425. The van der Waals surface area contributed by atoms with Gasteiger partial charge in [0.05, 0.1) is 5.92 Å². The molecule has 0 saturated carbocycles. The zero-order valence-corrected chi connectivity index (χ0v) is 10.0. The Hall–Kier alpha value is -1.10. The van der Waals surface area contributed by atoms with Crippen LogP contribution >= 0.6 is 0 Å². The van der Waals surface area contributed by atoms with Crippen LogP contribution in [0.25, 0.3) is 0 Å². The first kappa shape index (κ1) is 12.4. The lowest BCUT2D eigenvalue weighted by molar-refractivity contribution is -0.139. The van der Waals surface area contributed by atoms with Gasteiger partial charge in [-0.15, -0.1) is 0 Å². The first-order chi connectivity index (χ1) is 8.20. The summed E-state index contributed by atoms with van der Waals surface area (Å²) >= 11 is 0. The van der Waals surface area contributed by atoms with Gasteiger partial charge in [-0.3, -0.25) is 9.59 Å². The van der Waals surface area contributed by atoms with Crippen LogP contribution in [0.3, 0.4) is 0 Å². The zero-order chi connectivity index (χ0) is 12.3. The van der Waals surface area contributed by atoms with Gasteiger partial charge in [0.1, 0.15) is 0 Å². The highest BCUT2D eigenvalue weighted by Gasteiger charge is 2.30. The Morgan fingerprint density at radius 1 is 1.47 bits per heavy atom. The molecule has 2 fully saturated rings. The van der Waals surface area contributed by atoms with Crippen molar-refractivity contribution in [3.8, 4) is 0 Å². The Morgan fingerprint density at radius 3 is 2.94 bits per heavy atom. The lowest BCUT2D eigenvalue weighted by Crippen LogP contribution is -2.48. The normalized spacial score (nSPS) is 29.9. The molecule has 17 heavy (non-hydrogen) atoms. The van der Waals surface area contributed by atoms with Gasteiger partial charge in [0.25, 0.3) is 0 Å². The Balaban J connectivity index is 1.88. The van der Waals surface area contributed by atoms with Gasteiger partial charge >= 0.3 is 0 Å². The first-order valence-electron chi connectivity index (χ1n) is 6.37. The maximum absolute atomic E-state index is 12.2. The highest BCUT2D eigenvalue weighted by atomic mass is 16.3. The average molecular weight is 240 g/mol. The van der Waals surface area contributed by atoms with E-state index in [1.165, 1.54) is 0 Å². The molecule has 2 amide bonds. The van der Waals surface area contributed by atoms with E-state index in [2.05, 4.69) is 5.32 Å². The quantitative estimate of drug-likeness (QED) is 0.699. The topological polar surface area (TPSA) is 69.6 Å². The molecular formula is C12H20N2O3. The molecule has 2 saturated heterocycles. The molecule has 96 valence electrons. The van der Waals surface area contributed by atoms with Crippen molar-refractivity contribution < 1.29 is 14.7 Å². The maximum Gasteiger partial charge on any atom is 0.227 e. The molecular weight excluding hydrogens is 220 g/mol. The number of aliphatic hydroxyl groups excluding tert-OH is 1. The number of likely N-dealkylation sites (tertiary alicyclic amines) is 1. The van der Waals surface area contributed by atoms with Crippen LogP contribution in [-0.2, 0) is 9.59 Å². The van der Waals surface area contributed by atoms with E-state index in [9.17, 15) is 9.59 Å². The van der Waals surface area contributed by atoms with Crippen LogP contribution in [0.5, 0.6) is 0 Å². The summed E-state index contributed by atoms with van der Waals surface area (Å²) in [6, 6.07) is 0. The second-order valence-electron chi connectivity index (χ2n) is 5.01. The lowest BCUT2D eigenvalue weighted by atomic mass is 9.94. The Bertz CT molecular complexity index is 296. The van der Waals surface area contributed by atoms with E-state index in [1.54, 1.807) is 0 Å². The summed E-state index contributed by atoms with van der Waals surface area (Å²) in [5.41, 5.74) is 0. The van der Waals surface area contributed by atoms with Gasteiger partial charge in [-0.1, -0.05) is 0 Å². The minimum atomic E-state index is -0.0647. The molecule has 0 radical (unpaired) electrons. The molecule has 5 heteroatoms. The van der Waals surface area contributed by atoms with Gasteiger partial charge in [-0.05, 0) is 25.2 Å². The van der Waals surface area contributed by atoms with Crippen molar-refractivity contribution in [1.82, 2.24) is 10.2 Å². The summed E-state index contributed by atoms with van der Waals surface area (Å²) in [4.78, 5) is 25.1. The maximum atomic E-state index is 12.2. The summed E-state index contributed by atoms with van der Waals surface area (Å²) in [5, 5.41) is 11.9. The summed E-state index contributed by atoms with van der Waals surface area (Å²) in [6.07, 6.45) is 3.08. The fourth-order valence-corrected chi connectivity index (χ4v) is 2.62. The van der Waals surface area contributed by atoms with E-state index >= 15 is 0 Å². The van der Waals surface area contributed by atoms with Crippen LogP contribution < -0.4 is 5.32 Å². The highest BCUT2D eigenvalue weighted by molar-refractivity contribution is 5.83. The number of amides is 2. The highest BCUT2D eigenvalue weighted by Crippen LogP contribution is 2.20. The molecule has 0 aromatic heterocycles. The third-order valence-corrected chi connectivity index (χ3v) is 3.70. The third-order valence-electron chi connectivity index (χ3n) is 3.70. The number of nitrogens with zero attached hydrogens (tertiary/aromatic N) is 1. The van der Waals surface area contributed by atoms with Crippen molar-refractivity contribution in [3.05, 3.63) is 0 Å². The molecule has 2 N–H and O–H groups in total. The largest absolute Gasteiger partial charge is 0.396 e. The minimum Gasteiger partial charge on any atom is -0.396 e. The van der Waals surface area contributed by atoms with Gasteiger partial charge in [0.15, 0.2) is 0 Å². The number of carbonyl (C=O) groups excluding carboxylic acids is 2. The smallest absolute Gasteiger partial charge is 0.227 e. The van der Waals surface area contributed by atoms with Crippen LogP contribution in [0, 0.1) is 11.8 Å². The van der Waals surface area contributed by atoms with E-state index in [-0.39, 0.29) is 30.3 Å². The SMILES string of the molecule is O=C1CCC(C(=O)N2CCCC(CO)C2)CN1. The van der Waals surface area contributed by atoms with E-state index < -0.39 is 0 Å². The van der Waals surface area contributed by atoms with Gasteiger partial charge in [-0.25, -0.2) is 0 Å². The number of rotatable bonds is 2. The molecule has 2 aliphatic rings. The van der Waals surface area contributed by atoms with E-state index in [0.29, 0.717) is 25.9 Å². The lowest BCUT2D eigenvalue weighted by Gasteiger charge is -2.35. The summed E-state index contributed by atoms with van der Waals surface area (Å²) in [6.45, 7) is 2.09. The second-order valence-corrected chi connectivity index (χ2v) is 5.01.